The molecule has 0 rings (SSSR count). The molecule has 0 aromatic carbocycles. The molecule has 0 heterocycles. The number of carbonyl (C=O) groups is 2. The van der Waals surface area contributed by atoms with E-state index >= 15 is 0 Å². The van der Waals surface area contributed by atoms with Crippen molar-refractivity contribution in [1.82, 2.24) is 5.32 Å². The third-order valence-electron chi connectivity index (χ3n) is 19.7. The zero-order chi connectivity index (χ0) is 62.8. The maximum atomic E-state index is 12.6. The van der Waals surface area contributed by atoms with Gasteiger partial charge in [-0.15, -0.1) is 0 Å². The fraction of sp³-hybridized carbons (Fsp3) is 0.975. The Morgan fingerprint density at radius 3 is 0.701 bits per heavy atom. The van der Waals surface area contributed by atoms with E-state index in [1.165, 1.54) is 411 Å². The summed E-state index contributed by atoms with van der Waals surface area (Å²) in [7, 11) is 0. The molecule has 6 heteroatoms. The van der Waals surface area contributed by atoms with Crippen LogP contribution in [0.2, 0.25) is 0 Å². The van der Waals surface area contributed by atoms with Crippen molar-refractivity contribution >= 4 is 11.9 Å². The molecule has 0 fully saturated rings. The molecule has 3 N–H and O–H groups in total. The van der Waals surface area contributed by atoms with Crippen molar-refractivity contribution in [2.45, 2.75) is 495 Å². The smallest absolute Gasteiger partial charge is 0.305 e. The highest BCUT2D eigenvalue weighted by molar-refractivity contribution is 5.76. The highest BCUT2D eigenvalue weighted by Gasteiger charge is 2.20. The minimum Gasteiger partial charge on any atom is -0.466 e. The summed E-state index contributed by atoms with van der Waals surface area (Å²) in [5, 5.41) is 23.5. The van der Waals surface area contributed by atoms with Crippen molar-refractivity contribution in [3.63, 3.8) is 0 Å². The maximum absolute atomic E-state index is 12.6. The minimum absolute atomic E-state index is 0.0228. The van der Waals surface area contributed by atoms with Gasteiger partial charge in [-0.25, -0.2) is 0 Å². The Hall–Kier alpha value is -1.14. The summed E-state index contributed by atoms with van der Waals surface area (Å²) in [6.45, 7) is 5.01. The number of esters is 1. The van der Waals surface area contributed by atoms with E-state index in [4.69, 9.17) is 4.74 Å². The molecule has 0 radical (unpaired) electrons. The molecule has 87 heavy (non-hydrogen) atoms. The molecule has 0 aromatic heterocycles. The molecule has 0 aliphatic rings. The second-order valence-electron chi connectivity index (χ2n) is 28.5. The van der Waals surface area contributed by atoms with Gasteiger partial charge in [-0.1, -0.05) is 444 Å². The number of hydrogen-bond acceptors (Lipinski definition) is 5. The first-order valence-corrected chi connectivity index (χ1v) is 40.8. The molecule has 520 valence electrons. The van der Waals surface area contributed by atoms with E-state index in [9.17, 15) is 19.8 Å². The van der Waals surface area contributed by atoms with Crippen molar-refractivity contribution in [2.24, 2.45) is 0 Å². The Morgan fingerprint density at radius 2 is 0.471 bits per heavy atom. The molecule has 2 unspecified atom stereocenters. The number of ether oxygens (including phenoxy) is 1. The van der Waals surface area contributed by atoms with E-state index < -0.39 is 12.1 Å². The van der Waals surface area contributed by atoms with Gasteiger partial charge in [0.1, 0.15) is 0 Å². The first kappa shape index (κ1) is 85.9. The van der Waals surface area contributed by atoms with E-state index in [-0.39, 0.29) is 18.5 Å². The van der Waals surface area contributed by atoms with Crippen LogP contribution in [0.15, 0.2) is 0 Å². The Balaban J connectivity index is 3.30. The molecular weight excluding hydrogens is 1070 g/mol. The van der Waals surface area contributed by atoms with Crippen molar-refractivity contribution in [1.29, 1.82) is 0 Å². The van der Waals surface area contributed by atoms with Gasteiger partial charge in [-0.05, 0) is 25.7 Å². The van der Waals surface area contributed by atoms with Crippen LogP contribution in [0.25, 0.3) is 0 Å². The van der Waals surface area contributed by atoms with E-state index in [2.05, 4.69) is 19.2 Å². The van der Waals surface area contributed by atoms with Crippen molar-refractivity contribution < 1.29 is 24.5 Å². The highest BCUT2D eigenvalue weighted by Crippen LogP contribution is 2.21. The molecular formula is C81H161NO5. The minimum atomic E-state index is -0.660. The second kappa shape index (κ2) is 77.3. The largest absolute Gasteiger partial charge is 0.466 e. The molecule has 0 saturated carbocycles. The van der Waals surface area contributed by atoms with Crippen LogP contribution in [-0.2, 0) is 14.3 Å². The van der Waals surface area contributed by atoms with Crippen LogP contribution in [0.5, 0.6) is 0 Å². The first-order chi connectivity index (χ1) is 43.0. The Labute approximate surface area is 547 Å². The number of rotatable bonds is 78. The van der Waals surface area contributed by atoms with Gasteiger partial charge in [-0.2, -0.15) is 0 Å². The summed E-state index contributed by atoms with van der Waals surface area (Å²) in [4.78, 5) is 24.6. The Bertz CT molecular complexity index is 1280. The van der Waals surface area contributed by atoms with Crippen LogP contribution in [0.3, 0.4) is 0 Å². The first-order valence-electron chi connectivity index (χ1n) is 40.8. The molecule has 0 saturated heterocycles. The standard InChI is InChI=1S/C81H161NO5/c1-3-5-7-9-11-13-15-16-17-18-19-20-38-41-44-47-50-54-57-61-65-69-73-79(84)78(77-83)82-80(85)74-70-66-62-58-55-51-48-45-42-39-36-34-32-30-28-26-24-22-21-23-25-27-29-31-33-35-37-40-43-46-49-52-56-60-64-68-72-76-87-81(86)75-71-67-63-59-53-14-12-10-8-6-4-2/h78-79,83-84H,3-77H2,1-2H3,(H,82,85). The number of aliphatic hydroxyl groups excluding tert-OH is 2. The van der Waals surface area contributed by atoms with E-state index in [1.54, 1.807) is 0 Å². The van der Waals surface area contributed by atoms with Gasteiger partial charge in [0.25, 0.3) is 0 Å². The summed E-state index contributed by atoms with van der Waals surface area (Å²) < 4.78 is 5.48. The van der Waals surface area contributed by atoms with Crippen LogP contribution in [-0.4, -0.2) is 47.4 Å². The molecule has 0 aromatic rings. The van der Waals surface area contributed by atoms with Crippen molar-refractivity contribution in [3.8, 4) is 0 Å². The number of carbonyl (C=O) groups excluding carboxylic acids is 2. The summed E-state index contributed by atoms with van der Waals surface area (Å²) in [6, 6.07) is -0.537. The lowest BCUT2D eigenvalue weighted by atomic mass is 10.0. The number of hydrogen-bond donors (Lipinski definition) is 3. The number of aliphatic hydroxyl groups is 2. The topological polar surface area (TPSA) is 95.9 Å². The van der Waals surface area contributed by atoms with Crippen molar-refractivity contribution in [2.75, 3.05) is 13.2 Å². The summed E-state index contributed by atoms with van der Waals surface area (Å²) in [5.41, 5.74) is 0. The van der Waals surface area contributed by atoms with Crippen LogP contribution in [0.1, 0.15) is 483 Å². The van der Waals surface area contributed by atoms with Gasteiger partial charge in [0.05, 0.1) is 25.4 Å². The quantitative estimate of drug-likeness (QED) is 0.0417. The van der Waals surface area contributed by atoms with Gasteiger partial charge in [-0.3, -0.25) is 9.59 Å². The van der Waals surface area contributed by atoms with Gasteiger partial charge < -0.3 is 20.3 Å². The third kappa shape index (κ3) is 73.8. The fourth-order valence-corrected chi connectivity index (χ4v) is 13.5. The maximum Gasteiger partial charge on any atom is 0.305 e. The average molecular weight is 1230 g/mol. The van der Waals surface area contributed by atoms with E-state index in [1.807, 2.05) is 0 Å². The second-order valence-corrected chi connectivity index (χ2v) is 28.5. The Kier molecular flexibility index (Phi) is 76.3. The molecule has 0 bridgehead atoms. The molecule has 0 aliphatic carbocycles. The van der Waals surface area contributed by atoms with Crippen LogP contribution < -0.4 is 5.32 Å². The summed E-state index contributed by atoms with van der Waals surface area (Å²) in [5.74, 6) is 0.00158. The molecule has 6 nitrogen and oxygen atoms in total. The Morgan fingerprint density at radius 1 is 0.276 bits per heavy atom. The summed E-state index contributed by atoms with van der Waals surface area (Å²) in [6.07, 6.45) is 96.5. The van der Waals surface area contributed by atoms with Gasteiger partial charge >= 0.3 is 5.97 Å². The number of amides is 1. The van der Waals surface area contributed by atoms with Crippen LogP contribution in [0, 0.1) is 0 Å². The molecule has 0 spiro atoms. The van der Waals surface area contributed by atoms with Crippen molar-refractivity contribution in [3.05, 3.63) is 0 Å². The molecule has 2 atom stereocenters. The monoisotopic (exact) mass is 1230 g/mol. The van der Waals surface area contributed by atoms with E-state index in [0.29, 0.717) is 25.9 Å². The zero-order valence-electron chi connectivity index (χ0n) is 59.8. The van der Waals surface area contributed by atoms with Crippen LogP contribution >= 0.6 is 0 Å². The van der Waals surface area contributed by atoms with Gasteiger partial charge in [0.15, 0.2) is 0 Å². The van der Waals surface area contributed by atoms with Gasteiger partial charge in [0.2, 0.25) is 5.91 Å². The highest BCUT2D eigenvalue weighted by atomic mass is 16.5. The van der Waals surface area contributed by atoms with Gasteiger partial charge in [0, 0.05) is 12.8 Å². The lowest BCUT2D eigenvalue weighted by molar-refractivity contribution is -0.143. The number of nitrogens with one attached hydrogen (secondary N) is 1. The number of unbranched alkanes of at least 4 members (excludes halogenated alkanes) is 67. The fourth-order valence-electron chi connectivity index (χ4n) is 13.5. The van der Waals surface area contributed by atoms with E-state index in [0.717, 1.165) is 38.5 Å². The zero-order valence-corrected chi connectivity index (χ0v) is 59.8. The average Bonchev–Trinajstić information content (AvgIpc) is 3.52. The predicted molar refractivity (Wildman–Crippen MR) is 384 cm³/mol. The lowest BCUT2D eigenvalue weighted by Gasteiger charge is -2.22. The SMILES string of the molecule is CCCCCCCCCCCCCCCCCCCCCCCCC(O)C(CO)NC(=O)CCCCCCCCCCCCCCCCCCCCCCCCCCCCCCCCCCCCCCCOC(=O)CCCCCCCCCCCCC. The lowest BCUT2D eigenvalue weighted by Crippen LogP contribution is -2.45. The predicted octanol–water partition coefficient (Wildman–Crippen LogP) is 26.9. The van der Waals surface area contributed by atoms with Crippen LogP contribution in [0.4, 0.5) is 0 Å². The third-order valence-corrected chi connectivity index (χ3v) is 19.7. The normalized spacial score (nSPS) is 12.4. The summed E-state index contributed by atoms with van der Waals surface area (Å²) >= 11 is 0. The molecule has 0 aliphatic heterocycles. The molecule has 1 amide bonds.